The Morgan fingerprint density at radius 3 is 2.71 bits per heavy atom. The second kappa shape index (κ2) is 5.63. The number of ether oxygens (including phenoxy) is 1. The molecule has 4 heteroatoms. The van der Waals surface area contributed by atoms with E-state index in [4.69, 9.17) is 4.74 Å². The first kappa shape index (κ1) is 11.9. The van der Waals surface area contributed by atoms with Crippen molar-refractivity contribution in [2.75, 3.05) is 6.61 Å². The summed E-state index contributed by atoms with van der Waals surface area (Å²) in [6.45, 7) is 4.32. The van der Waals surface area contributed by atoms with Crippen LogP contribution in [0.5, 0.6) is 0 Å². The molecule has 1 rings (SSSR count). The Balaban J connectivity index is 2.82. The fourth-order valence-electron chi connectivity index (χ4n) is 1.16. The van der Waals surface area contributed by atoms with Gasteiger partial charge >= 0.3 is 0 Å². The van der Waals surface area contributed by atoms with E-state index in [1.807, 2.05) is 26.0 Å². The van der Waals surface area contributed by atoms with Crippen LogP contribution in [-0.4, -0.2) is 12.4 Å². The van der Waals surface area contributed by atoms with Crippen molar-refractivity contribution in [3.05, 3.63) is 20.8 Å². The highest BCUT2D eigenvalue weighted by Crippen LogP contribution is 2.30. The molecule has 1 heterocycles. The van der Waals surface area contributed by atoms with Crippen molar-refractivity contribution >= 4 is 33.0 Å². The molecular formula is C10H13BrO2S. The number of thiophene rings is 1. The Kier molecular flexibility index (Phi) is 4.78. The van der Waals surface area contributed by atoms with E-state index in [2.05, 4.69) is 15.9 Å². The predicted octanol–water partition coefficient (Wildman–Crippen LogP) is 3.57. The van der Waals surface area contributed by atoms with Crippen LogP contribution in [0.3, 0.4) is 0 Å². The molecule has 0 aliphatic carbocycles. The van der Waals surface area contributed by atoms with Gasteiger partial charge in [0.1, 0.15) is 6.10 Å². The molecule has 0 fully saturated rings. The van der Waals surface area contributed by atoms with E-state index in [9.17, 15) is 4.79 Å². The maximum atomic E-state index is 11.6. The van der Waals surface area contributed by atoms with E-state index in [1.54, 1.807) is 11.3 Å². The van der Waals surface area contributed by atoms with Crippen molar-refractivity contribution in [1.29, 1.82) is 0 Å². The molecule has 0 radical (unpaired) electrons. The van der Waals surface area contributed by atoms with Gasteiger partial charge in [0.2, 0.25) is 0 Å². The molecule has 0 aliphatic rings. The number of hydrogen-bond acceptors (Lipinski definition) is 3. The molecule has 0 aliphatic heterocycles. The zero-order chi connectivity index (χ0) is 10.6. The van der Waals surface area contributed by atoms with E-state index in [0.717, 1.165) is 8.66 Å². The highest BCUT2D eigenvalue weighted by Gasteiger charge is 2.20. The summed E-state index contributed by atoms with van der Waals surface area (Å²) in [7, 11) is 0. The number of halogens is 1. The molecule has 0 bridgehead atoms. The zero-order valence-corrected chi connectivity index (χ0v) is 10.7. The summed E-state index contributed by atoms with van der Waals surface area (Å²) in [6, 6.07) is 3.87. The van der Waals surface area contributed by atoms with Gasteiger partial charge in [0.05, 0.1) is 3.79 Å². The fraction of sp³-hybridized carbons (Fsp3) is 0.500. The largest absolute Gasteiger partial charge is 0.365 e. The minimum absolute atomic E-state index is 0.140. The molecule has 14 heavy (non-hydrogen) atoms. The standard InChI is InChI=1S/C10H13BrO2S/c1-3-7(12)10(13-4-2)8-5-6-9(11)14-8/h5-6,10H,3-4H2,1-2H3. The smallest absolute Gasteiger partial charge is 0.166 e. The van der Waals surface area contributed by atoms with Crippen molar-refractivity contribution in [1.82, 2.24) is 0 Å². The molecule has 2 nitrogen and oxygen atoms in total. The number of hydrogen-bond donors (Lipinski definition) is 0. The molecule has 1 unspecified atom stereocenters. The average molecular weight is 277 g/mol. The Bertz CT molecular complexity index is 309. The summed E-state index contributed by atoms with van der Waals surface area (Å²) < 4.78 is 6.46. The number of ketones is 1. The quantitative estimate of drug-likeness (QED) is 0.822. The number of carbonyl (C=O) groups excluding carboxylic acids is 1. The lowest BCUT2D eigenvalue weighted by Crippen LogP contribution is -2.13. The normalized spacial score (nSPS) is 12.8. The third kappa shape index (κ3) is 2.90. The monoisotopic (exact) mass is 276 g/mol. The minimum atomic E-state index is -0.374. The second-order valence-corrected chi connectivity index (χ2v) is 5.29. The van der Waals surface area contributed by atoms with E-state index in [-0.39, 0.29) is 11.9 Å². The molecule has 78 valence electrons. The van der Waals surface area contributed by atoms with Crippen LogP contribution in [-0.2, 0) is 9.53 Å². The molecule has 1 aromatic heterocycles. The maximum absolute atomic E-state index is 11.6. The lowest BCUT2D eigenvalue weighted by molar-refractivity contribution is -0.130. The third-order valence-corrected chi connectivity index (χ3v) is 3.49. The van der Waals surface area contributed by atoms with Crippen molar-refractivity contribution in [3.63, 3.8) is 0 Å². The van der Waals surface area contributed by atoms with Gasteiger partial charge in [0, 0.05) is 17.9 Å². The molecule has 1 aromatic rings. The lowest BCUT2D eigenvalue weighted by Gasteiger charge is -2.12. The first-order valence-corrected chi connectivity index (χ1v) is 6.19. The van der Waals surface area contributed by atoms with Gasteiger partial charge in [-0.3, -0.25) is 4.79 Å². The zero-order valence-electron chi connectivity index (χ0n) is 8.25. The molecule has 0 saturated carbocycles. The second-order valence-electron chi connectivity index (χ2n) is 2.80. The summed E-state index contributed by atoms with van der Waals surface area (Å²) in [5, 5.41) is 0. The van der Waals surface area contributed by atoms with Gasteiger partial charge in [-0.25, -0.2) is 0 Å². The maximum Gasteiger partial charge on any atom is 0.166 e. The lowest BCUT2D eigenvalue weighted by atomic mass is 10.1. The highest BCUT2D eigenvalue weighted by atomic mass is 79.9. The van der Waals surface area contributed by atoms with Crippen LogP contribution in [0.15, 0.2) is 15.9 Å². The van der Waals surface area contributed by atoms with Crippen LogP contribution in [0.2, 0.25) is 0 Å². The Hall–Kier alpha value is -0.190. The minimum Gasteiger partial charge on any atom is -0.365 e. The number of Topliss-reactive ketones (excluding diaryl/α,β-unsaturated/α-hetero) is 1. The molecular weight excluding hydrogens is 264 g/mol. The van der Waals surface area contributed by atoms with Crippen molar-refractivity contribution in [2.45, 2.75) is 26.4 Å². The molecule has 0 saturated heterocycles. The molecule has 0 amide bonds. The van der Waals surface area contributed by atoms with E-state index in [0.29, 0.717) is 13.0 Å². The molecule has 0 N–H and O–H groups in total. The van der Waals surface area contributed by atoms with Gasteiger partial charge in [0.25, 0.3) is 0 Å². The number of carbonyl (C=O) groups is 1. The molecule has 0 aromatic carbocycles. The van der Waals surface area contributed by atoms with Gasteiger partial charge in [-0.05, 0) is 35.0 Å². The Morgan fingerprint density at radius 2 is 2.29 bits per heavy atom. The van der Waals surface area contributed by atoms with Crippen molar-refractivity contribution in [3.8, 4) is 0 Å². The van der Waals surface area contributed by atoms with Crippen molar-refractivity contribution in [2.24, 2.45) is 0 Å². The van der Waals surface area contributed by atoms with Crippen LogP contribution < -0.4 is 0 Å². The number of rotatable bonds is 5. The summed E-state index contributed by atoms with van der Waals surface area (Å²) >= 11 is 4.92. The van der Waals surface area contributed by atoms with Crippen LogP contribution in [0.1, 0.15) is 31.2 Å². The van der Waals surface area contributed by atoms with Gasteiger partial charge < -0.3 is 4.74 Å². The summed E-state index contributed by atoms with van der Waals surface area (Å²) in [5.74, 6) is 0.140. The Labute approximate surface area is 96.4 Å². The first-order valence-electron chi connectivity index (χ1n) is 4.58. The van der Waals surface area contributed by atoms with Gasteiger partial charge in [0.15, 0.2) is 5.78 Å². The van der Waals surface area contributed by atoms with Gasteiger partial charge in [-0.2, -0.15) is 0 Å². The Morgan fingerprint density at radius 1 is 1.57 bits per heavy atom. The van der Waals surface area contributed by atoms with Crippen molar-refractivity contribution < 1.29 is 9.53 Å². The van der Waals surface area contributed by atoms with Crippen LogP contribution in [0.25, 0.3) is 0 Å². The van der Waals surface area contributed by atoms with Gasteiger partial charge in [-0.1, -0.05) is 6.92 Å². The van der Waals surface area contributed by atoms with Gasteiger partial charge in [-0.15, -0.1) is 11.3 Å². The SMILES string of the molecule is CCOC(C(=O)CC)c1ccc(Br)s1. The summed E-state index contributed by atoms with van der Waals surface area (Å²) in [6.07, 6.45) is 0.140. The molecule has 1 atom stereocenters. The van der Waals surface area contributed by atoms with E-state index < -0.39 is 0 Å². The highest BCUT2D eigenvalue weighted by molar-refractivity contribution is 9.11. The van der Waals surface area contributed by atoms with Crippen LogP contribution in [0.4, 0.5) is 0 Å². The summed E-state index contributed by atoms with van der Waals surface area (Å²) in [5.41, 5.74) is 0. The van der Waals surface area contributed by atoms with Crippen LogP contribution >= 0.6 is 27.3 Å². The van der Waals surface area contributed by atoms with E-state index in [1.165, 1.54) is 0 Å². The predicted molar refractivity (Wildman–Crippen MR) is 61.7 cm³/mol. The molecule has 0 spiro atoms. The fourth-order valence-corrected chi connectivity index (χ4v) is 2.65. The first-order chi connectivity index (χ1) is 6.69. The summed E-state index contributed by atoms with van der Waals surface area (Å²) in [4.78, 5) is 12.6. The third-order valence-electron chi connectivity index (χ3n) is 1.83. The topological polar surface area (TPSA) is 26.3 Å². The van der Waals surface area contributed by atoms with E-state index >= 15 is 0 Å². The average Bonchev–Trinajstić information content (AvgIpc) is 2.60. The van der Waals surface area contributed by atoms with Crippen LogP contribution in [0, 0.1) is 0 Å².